The van der Waals surface area contributed by atoms with E-state index in [1.165, 1.54) is 0 Å². The molecule has 0 N–H and O–H groups in total. The Hall–Kier alpha value is -7.47. The van der Waals surface area contributed by atoms with Gasteiger partial charge in [0.05, 0.1) is 32.6 Å². The van der Waals surface area contributed by atoms with Crippen molar-refractivity contribution in [2.45, 2.75) is 58.5 Å². The smallest absolute Gasteiger partial charge is 0.461 e. The van der Waals surface area contributed by atoms with Gasteiger partial charge in [-0.05, 0) is 50.9 Å². The Morgan fingerprint density at radius 1 is 0.309 bits per heavy atom. The number of esters is 6. The topological polar surface area (TPSA) is 168 Å². The van der Waals surface area contributed by atoms with Crippen LogP contribution in [0.2, 0.25) is 0 Å². The summed E-state index contributed by atoms with van der Waals surface area (Å²) >= 11 is 0. The molecule has 16 heteroatoms. The first-order valence-electron chi connectivity index (χ1n) is 26.5. The Kier molecular flexibility index (Phi) is 27.3. The molecular formula is C65H67N3O12Tb+3. The SMILES string of the molecule is O=C(Cc1cccc(CC(C(=O)OCc2ccccc2)N(CCN(CC(=O)OCc2ccccc2)CC(=O)OCc2ccccc2)CCN(CC(=O)OCc2ccccc2)CC(=O)OCc2ccccc2)c1)OCc1ccccc1.[Tb+3]. The molecule has 0 radical (unpaired) electrons. The van der Waals surface area contributed by atoms with Crippen molar-refractivity contribution in [2.75, 3.05) is 52.4 Å². The molecule has 0 aliphatic heterocycles. The second kappa shape index (κ2) is 35.3. The molecule has 0 aromatic heterocycles. The fourth-order valence-corrected chi connectivity index (χ4v) is 8.49. The first-order chi connectivity index (χ1) is 39.1. The van der Waals surface area contributed by atoms with Crippen LogP contribution in [-0.2, 0) is 110 Å². The molecule has 1 atom stereocenters. The Morgan fingerprint density at radius 2 is 0.580 bits per heavy atom. The number of rotatable bonds is 32. The summed E-state index contributed by atoms with van der Waals surface area (Å²) in [6.45, 7) is -0.939. The van der Waals surface area contributed by atoms with Gasteiger partial charge in [-0.3, -0.25) is 43.5 Å². The van der Waals surface area contributed by atoms with E-state index in [-0.39, 0.29) is 143 Å². The summed E-state index contributed by atoms with van der Waals surface area (Å²) in [7, 11) is 0. The summed E-state index contributed by atoms with van der Waals surface area (Å²) in [6.07, 6.45) is 0.0515. The number of hydrogen-bond acceptors (Lipinski definition) is 15. The third-order valence-electron chi connectivity index (χ3n) is 12.7. The molecule has 0 saturated carbocycles. The van der Waals surface area contributed by atoms with Crippen LogP contribution in [-0.4, -0.2) is 109 Å². The van der Waals surface area contributed by atoms with Gasteiger partial charge in [-0.15, -0.1) is 0 Å². The molecule has 7 aromatic rings. The van der Waals surface area contributed by atoms with E-state index in [0.29, 0.717) is 11.1 Å². The fraction of sp³-hybridized carbons (Fsp3) is 0.262. The third-order valence-corrected chi connectivity index (χ3v) is 12.7. The molecule has 7 rings (SSSR count). The first-order valence-corrected chi connectivity index (χ1v) is 26.5. The monoisotopic (exact) mass is 1240 g/mol. The van der Waals surface area contributed by atoms with Gasteiger partial charge in [0.15, 0.2) is 0 Å². The van der Waals surface area contributed by atoms with Crippen LogP contribution in [0.3, 0.4) is 0 Å². The van der Waals surface area contributed by atoms with Gasteiger partial charge in [0.25, 0.3) is 0 Å². The average Bonchev–Trinajstić information content (AvgIpc) is 3.49. The summed E-state index contributed by atoms with van der Waals surface area (Å²) in [4.78, 5) is 87.6. The molecular weight excluding hydrogens is 1170 g/mol. The Labute approximate surface area is 504 Å². The molecule has 0 heterocycles. The van der Waals surface area contributed by atoms with Crippen LogP contribution in [0.1, 0.15) is 44.5 Å². The maximum absolute atomic E-state index is 14.9. The molecule has 7 aromatic carbocycles. The van der Waals surface area contributed by atoms with Crippen molar-refractivity contribution in [3.63, 3.8) is 0 Å². The minimum absolute atomic E-state index is 0. The van der Waals surface area contributed by atoms with Crippen LogP contribution in [0.4, 0.5) is 0 Å². The Balaban J connectivity index is 0.0000106. The summed E-state index contributed by atoms with van der Waals surface area (Å²) < 4.78 is 34.5. The number of carbonyl (C=O) groups is 6. The molecule has 0 aliphatic carbocycles. The predicted molar refractivity (Wildman–Crippen MR) is 300 cm³/mol. The van der Waals surface area contributed by atoms with Gasteiger partial charge in [-0.25, -0.2) is 0 Å². The van der Waals surface area contributed by atoms with E-state index in [0.717, 1.165) is 33.4 Å². The summed E-state index contributed by atoms with van der Waals surface area (Å²) in [5.41, 5.74) is 6.09. The molecule has 81 heavy (non-hydrogen) atoms. The minimum Gasteiger partial charge on any atom is -0.461 e. The van der Waals surface area contributed by atoms with Crippen molar-refractivity contribution in [3.05, 3.63) is 251 Å². The summed E-state index contributed by atoms with van der Waals surface area (Å²) in [6, 6.07) is 61.8. The van der Waals surface area contributed by atoms with Crippen molar-refractivity contribution in [3.8, 4) is 0 Å². The Bertz CT molecular complexity index is 2760. The third kappa shape index (κ3) is 24.0. The molecule has 0 saturated heterocycles. The van der Waals surface area contributed by atoms with E-state index >= 15 is 0 Å². The molecule has 420 valence electrons. The van der Waals surface area contributed by atoms with Crippen LogP contribution < -0.4 is 0 Å². The summed E-state index contributed by atoms with van der Waals surface area (Å²) in [5, 5.41) is 0. The second-order valence-electron chi connectivity index (χ2n) is 19.0. The van der Waals surface area contributed by atoms with Crippen LogP contribution in [0, 0.1) is 38.6 Å². The number of nitrogens with zero attached hydrogens (tertiary/aromatic N) is 3. The predicted octanol–water partition coefficient (Wildman–Crippen LogP) is 8.51. The maximum atomic E-state index is 14.9. The molecule has 0 amide bonds. The quantitative estimate of drug-likeness (QED) is 0.0291. The van der Waals surface area contributed by atoms with Crippen molar-refractivity contribution in [2.24, 2.45) is 0 Å². The van der Waals surface area contributed by atoms with Crippen molar-refractivity contribution < 1.29 is 95.8 Å². The number of carbonyl (C=O) groups excluding carboxylic acids is 6. The molecule has 15 nitrogen and oxygen atoms in total. The molecule has 0 aliphatic rings. The first kappa shape index (κ1) is 62.7. The maximum Gasteiger partial charge on any atom is 3.00 e. The van der Waals surface area contributed by atoms with Crippen molar-refractivity contribution >= 4 is 35.8 Å². The summed E-state index contributed by atoms with van der Waals surface area (Å²) in [5.74, 6) is -3.40. The zero-order chi connectivity index (χ0) is 56.0. The van der Waals surface area contributed by atoms with E-state index in [9.17, 15) is 28.8 Å². The average molecular weight is 1240 g/mol. The number of benzene rings is 7. The van der Waals surface area contributed by atoms with E-state index < -0.39 is 41.9 Å². The van der Waals surface area contributed by atoms with Gasteiger partial charge in [-0.2, -0.15) is 0 Å². The van der Waals surface area contributed by atoms with Crippen LogP contribution in [0.25, 0.3) is 0 Å². The van der Waals surface area contributed by atoms with Gasteiger partial charge in [0.2, 0.25) is 0 Å². The molecule has 0 fully saturated rings. The van der Waals surface area contributed by atoms with Gasteiger partial charge in [0.1, 0.15) is 45.7 Å². The van der Waals surface area contributed by atoms with Crippen LogP contribution >= 0.6 is 0 Å². The minimum atomic E-state index is -1.03. The molecule has 0 bridgehead atoms. The standard InChI is InChI=1S/C65H67N3O12.Tb/c69-60(75-45-51-20-7-1-8-21-51)40-58-33-19-32-57(38-58)39-59(65(74)80-50-56-30-17-6-18-31-56)68(36-34-66(41-61(70)76-46-52-22-9-2-10-23-52)42-62(71)77-47-53-24-11-3-12-25-53)37-35-67(43-63(72)78-48-54-26-13-4-14-27-54)44-64(73)79-49-55-28-15-5-16-29-55;/h1-33,38,59H,34-37,39-50H2;/q;+3. The molecule has 0 spiro atoms. The van der Waals surface area contributed by atoms with E-state index in [4.69, 9.17) is 28.4 Å². The van der Waals surface area contributed by atoms with Crippen LogP contribution in [0.5, 0.6) is 0 Å². The Morgan fingerprint density at radius 3 is 0.901 bits per heavy atom. The zero-order valence-electron chi connectivity index (χ0n) is 45.1. The number of hydrogen-bond donors (Lipinski definition) is 0. The normalized spacial score (nSPS) is 11.2. The largest absolute Gasteiger partial charge is 3.00 e. The fourth-order valence-electron chi connectivity index (χ4n) is 8.49. The molecule has 1 unspecified atom stereocenters. The van der Waals surface area contributed by atoms with Crippen molar-refractivity contribution in [1.82, 2.24) is 14.7 Å². The number of ether oxygens (including phenoxy) is 6. The zero-order valence-corrected chi connectivity index (χ0v) is 47.2. The van der Waals surface area contributed by atoms with E-state index in [1.807, 2.05) is 205 Å². The van der Waals surface area contributed by atoms with E-state index in [1.54, 1.807) is 15.9 Å². The van der Waals surface area contributed by atoms with Gasteiger partial charge < -0.3 is 28.4 Å². The van der Waals surface area contributed by atoms with Crippen LogP contribution in [0.15, 0.2) is 206 Å². The van der Waals surface area contributed by atoms with Gasteiger partial charge >= 0.3 is 74.4 Å². The van der Waals surface area contributed by atoms with Gasteiger partial charge in [0, 0.05) is 26.2 Å². The second-order valence-corrected chi connectivity index (χ2v) is 19.0. The van der Waals surface area contributed by atoms with E-state index in [2.05, 4.69) is 0 Å². The van der Waals surface area contributed by atoms with Gasteiger partial charge in [-0.1, -0.05) is 206 Å². The van der Waals surface area contributed by atoms with Crippen molar-refractivity contribution in [1.29, 1.82) is 0 Å².